The first-order valence-electron chi connectivity index (χ1n) is 9.90. The van der Waals surface area contributed by atoms with Gasteiger partial charge in [-0.15, -0.1) is 0 Å². The van der Waals surface area contributed by atoms with Gasteiger partial charge in [0, 0.05) is 25.3 Å². The van der Waals surface area contributed by atoms with Gasteiger partial charge >= 0.3 is 0 Å². The Hall–Kier alpha value is -1.92. The number of carbonyl (C=O) groups is 2. The summed E-state index contributed by atoms with van der Waals surface area (Å²) < 4.78 is 5.81. The molecule has 6 nitrogen and oxygen atoms in total. The lowest BCUT2D eigenvalue weighted by molar-refractivity contribution is -0.137. The molecule has 0 aromatic heterocycles. The zero-order valence-electron chi connectivity index (χ0n) is 16.7. The molecule has 1 unspecified atom stereocenters. The van der Waals surface area contributed by atoms with Gasteiger partial charge in [-0.25, -0.2) is 0 Å². The summed E-state index contributed by atoms with van der Waals surface area (Å²) in [6.45, 7) is 8.50. The van der Waals surface area contributed by atoms with E-state index < -0.39 is 6.04 Å². The predicted octanol–water partition coefficient (Wildman–Crippen LogP) is 2.11. The van der Waals surface area contributed by atoms with Crippen LogP contribution in [0.3, 0.4) is 0 Å². The zero-order valence-corrected chi connectivity index (χ0v) is 16.7. The quantitative estimate of drug-likeness (QED) is 0.682. The minimum absolute atomic E-state index is 0.00795. The van der Waals surface area contributed by atoms with E-state index in [1.165, 1.54) is 0 Å². The van der Waals surface area contributed by atoms with Crippen molar-refractivity contribution in [2.45, 2.75) is 52.2 Å². The summed E-state index contributed by atoms with van der Waals surface area (Å²) in [7, 11) is 0. The molecule has 6 heteroatoms. The Morgan fingerprint density at radius 2 is 2.00 bits per heavy atom. The number of nitrogens with two attached hydrogens (primary N) is 1. The average molecular weight is 376 g/mol. The fourth-order valence-corrected chi connectivity index (χ4v) is 3.30. The normalized spacial score (nSPS) is 16.4. The van der Waals surface area contributed by atoms with Crippen LogP contribution in [0.4, 0.5) is 0 Å². The standard InChI is InChI=1S/C21H33N3O3/c1-15(2)19(23-20(25)17-7-4-6-16(3)14-17)21(26)24-11-8-18(9-12-24)27-13-5-10-22/h4,6-7,14-15,18-19H,5,8-13,22H2,1-3H3,(H,23,25). The molecule has 0 spiro atoms. The lowest BCUT2D eigenvalue weighted by atomic mass is 9.99. The molecule has 1 atom stereocenters. The molecular formula is C21H33N3O3. The number of benzene rings is 1. The van der Waals surface area contributed by atoms with Gasteiger partial charge in [-0.2, -0.15) is 0 Å². The Kier molecular flexibility index (Phi) is 8.25. The maximum atomic E-state index is 13.0. The number of hydrogen-bond acceptors (Lipinski definition) is 4. The SMILES string of the molecule is Cc1cccc(C(=O)NC(C(=O)N2CCC(OCCCN)CC2)C(C)C)c1. The molecule has 1 aromatic rings. The van der Waals surface area contributed by atoms with Crippen LogP contribution in [0.25, 0.3) is 0 Å². The van der Waals surface area contributed by atoms with E-state index in [-0.39, 0.29) is 23.8 Å². The molecule has 0 aliphatic carbocycles. The first-order valence-corrected chi connectivity index (χ1v) is 9.90. The van der Waals surface area contributed by atoms with Crippen molar-refractivity contribution in [3.63, 3.8) is 0 Å². The Morgan fingerprint density at radius 3 is 2.59 bits per heavy atom. The van der Waals surface area contributed by atoms with Gasteiger partial charge in [-0.1, -0.05) is 31.5 Å². The average Bonchev–Trinajstić information content (AvgIpc) is 2.66. The molecule has 2 rings (SSSR count). The second kappa shape index (κ2) is 10.4. The highest BCUT2D eigenvalue weighted by Gasteiger charge is 2.31. The number of ether oxygens (including phenoxy) is 1. The Bertz CT molecular complexity index is 625. The molecule has 1 fully saturated rings. The maximum absolute atomic E-state index is 13.0. The number of nitrogens with one attached hydrogen (secondary N) is 1. The van der Waals surface area contributed by atoms with Gasteiger partial charge in [0.2, 0.25) is 5.91 Å². The second-order valence-electron chi connectivity index (χ2n) is 7.60. The lowest BCUT2D eigenvalue weighted by Crippen LogP contribution is -2.53. The number of likely N-dealkylation sites (tertiary alicyclic amines) is 1. The van der Waals surface area contributed by atoms with Crippen molar-refractivity contribution in [3.8, 4) is 0 Å². The molecular weight excluding hydrogens is 342 g/mol. The number of carbonyl (C=O) groups excluding carboxylic acids is 2. The molecule has 1 aromatic carbocycles. The van der Waals surface area contributed by atoms with Crippen LogP contribution in [-0.4, -0.2) is 55.1 Å². The summed E-state index contributed by atoms with van der Waals surface area (Å²) >= 11 is 0. The molecule has 1 aliphatic heterocycles. The van der Waals surface area contributed by atoms with Gasteiger partial charge in [0.15, 0.2) is 0 Å². The van der Waals surface area contributed by atoms with E-state index >= 15 is 0 Å². The summed E-state index contributed by atoms with van der Waals surface area (Å²) in [5.74, 6) is -0.193. The maximum Gasteiger partial charge on any atom is 0.251 e. The van der Waals surface area contributed by atoms with Crippen molar-refractivity contribution in [3.05, 3.63) is 35.4 Å². The topological polar surface area (TPSA) is 84.7 Å². The van der Waals surface area contributed by atoms with Crippen LogP contribution in [0, 0.1) is 12.8 Å². The van der Waals surface area contributed by atoms with E-state index in [4.69, 9.17) is 10.5 Å². The number of hydrogen-bond donors (Lipinski definition) is 2. The summed E-state index contributed by atoms with van der Waals surface area (Å²) in [6, 6.07) is 6.89. The number of piperidine rings is 1. The largest absolute Gasteiger partial charge is 0.378 e. The monoisotopic (exact) mass is 375 g/mol. The number of amides is 2. The van der Waals surface area contributed by atoms with Crippen molar-refractivity contribution >= 4 is 11.8 Å². The highest BCUT2D eigenvalue weighted by Crippen LogP contribution is 2.17. The van der Waals surface area contributed by atoms with Crippen LogP contribution in [0.5, 0.6) is 0 Å². The lowest BCUT2D eigenvalue weighted by Gasteiger charge is -2.35. The molecule has 27 heavy (non-hydrogen) atoms. The summed E-state index contributed by atoms with van der Waals surface area (Å²) in [4.78, 5) is 27.4. The van der Waals surface area contributed by atoms with Crippen LogP contribution in [-0.2, 0) is 9.53 Å². The van der Waals surface area contributed by atoms with E-state index in [1.54, 1.807) is 6.07 Å². The third-order valence-electron chi connectivity index (χ3n) is 4.96. The van der Waals surface area contributed by atoms with E-state index in [9.17, 15) is 9.59 Å². The Balaban J connectivity index is 1.92. The number of rotatable bonds is 8. The van der Waals surface area contributed by atoms with Gasteiger partial charge in [0.25, 0.3) is 5.91 Å². The van der Waals surface area contributed by atoms with Gasteiger partial charge in [-0.05, 0) is 50.8 Å². The number of aryl methyl sites for hydroxylation is 1. The molecule has 1 aliphatic rings. The minimum atomic E-state index is -0.521. The van der Waals surface area contributed by atoms with Crippen LogP contribution < -0.4 is 11.1 Å². The van der Waals surface area contributed by atoms with Crippen molar-refractivity contribution in [2.75, 3.05) is 26.2 Å². The Morgan fingerprint density at radius 1 is 1.30 bits per heavy atom. The third-order valence-corrected chi connectivity index (χ3v) is 4.96. The number of nitrogens with zero attached hydrogens (tertiary/aromatic N) is 1. The van der Waals surface area contributed by atoms with E-state index in [0.717, 1.165) is 24.8 Å². The van der Waals surface area contributed by atoms with Crippen LogP contribution in [0.15, 0.2) is 24.3 Å². The van der Waals surface area contributed by atoms with Gasteiger partial charge < -0.3 is 20.7 Å². The molecule has 0 bridgehead atoms. The molecule has 150 valence electrons. The molecule has 1 heterocycles. The predicted molar refractivity (Wildman–Crippen MR) is 106 cm³/mol. The molecule has 2 amide bonds. The second-order valence-corrected chi connectivity index (χ2v) is 7.60. The van der Waals surface area contributed by atoms with Crippen LogP contribution >= 0.6 is 0 Å². The molecule has 0 radical (unpaired) electrons. The summed E-state index contributed by atoms with van der Waals surface area (Å²) in [6.07, 6.45) is 2.71. The van der Waals surface area contributed by atoms with Crippen LogP contribution in [0.2, 0.25) is 0 Å². The van der Waals surface area contributed by atoms with Gasteiger partial charge in [-0.3, -0.25) is 9.59 Å². The van der Waals surface area contributed by atoms with Crippen molar-refractivity contribution in [1.29, 1.82) is 0 Å². The van der Waals surface area contributed by atoms with Crippen molar-refractivity contribution in [1.82, 2.24) is 10.2 Å². The molecule has 3 N–H and O–H groups in total. The van der Waals surface area contributed by atoms with Crippen molar-refractivity contribution in [2.24, 2.45) is 11.7 Å². The van der Waals surface area contributed by atoms with E-state index in [0.29, 0.717) is 31.8 Å². The fourth-order valence-electron chi connectivity index (χ4n) is 3.30. The molecule has 0 saturated carbocycles. The summed E-state index contributed by atoms with van der Waals surface area (Å²) in [5.41, 5.74) is 7.09. The van der Waals surface area contributed by atoms with Crippen LogP contribution in [0.1, 0.15) is 49.0 Å². The fraction of sp³-hybridized carbons (Fsp3) is 0.619. The zero-order chi connectivity index (χ0) is 19.8. The smallest absolute Gasteiger partial charge is 0.251 e. The minimum Gasteiger partial charge on any atom is -0.378 e. The van der Waals surface area contributed by atoms with E-state index in [2.05, 4.69) is 5.32 Å². The highest BCUT2D eigenvalue weighted by atomic mass is 16.5. The first kappa shape index (κ1) is 21.4. The Labute approximate surface area is 162 Å². The summed E-state index contributed by atoms with van der Waals surface area (Å²) in [5, 5.41) is 2.93. The van der Waals surface area contributed by atoms with Gasteiger partial charge in [0.05, 0.1) is 6.10 Å². The highest BCUT2D eigenvalue weighted by molar-refractivity contribution is 5.97. The first-order chi connectivity index (χ1) is 12.9. The van der Waals surface area contributed by atoms with Gasteiger partial charge in [0.1, 0.15) is 6.04 Å². The third kappa shape index (κ3) is 6.33. The molecule has 1 saturated heterocycles. The van der Waals surface area contributed by atoms with Crippen molar-refractivity contribution < 1.29 is 14.3 Å². The van der Waals surface area contributed by atoms with E-state index in [1.807, 2.05) is 43.9 Å².